The maximum absolute atomic E-state index is 8.93. The molecule has 2 atom stereocenters. The van der Waals surface area contributed by atoms with Crippen molar-refractivity contribution in [1.82, 2.24) is 10.2 Å². The summed E-state index contributed by atoms with van der Waals surface area (Å²) in [5.41, 5.74) is 1.91. The number of benzene rings is 1. The van der Waals surface area contributed by atoms with Crippen molar-refractivity contribution < 1.29 is 0 Å². The number of rotatable bonds is 6. The molecule has 0 spiro atoms. The first kappa shape index (κ1) is 14.0. The van der Waals surface area contributed by atoms with Gasteiger partial charge in [0.2, 0.25) is 0 Å². The standard InChI is InChI=1S/C16H23N3/c1-12(19(3)16-7-8-16)11-18-13(2)15-6-4-5-14(9-15)10-17/h4-6,9,12-13,16,18H,7-8,11H2,1-3H3. The molecule has 0 saturated heterocycles. The molecule has 0 aromatic heterocycles. The maximum atomic E-state index is 8.93. The third-order valence-corrected chi connectivity index (χ3v) is 4.05. The van der Waals surface area contributed by atoms with Crippen LogP contribution in [0.2, 0.25) is 0 Å². The Labute approximate surface area is 116 Å². The Kier molecular flexibility index (Phi) is 4.57. The van der Waals surface area contributed by atoms with Gasteiger partial charge in [0.15, 0.2) is 0 Å². The molecule has 1 aliphatic rings. The highest BCUT2D eigenvalue weighted by Gasteiger charge is 2.28. The Morgan fingerprint density at radius 3 is 2.79 bits per heavy atom. The van der Waals surface area contributed by atoms with Crippen molar-refractivity contribution in [2.24, 2.45) is 0 Å². The first-order valence-electron chi connectivity index (χ1n) is 7.07. The minimum Gasteiger partial charge on any atom is -0.309 e. The summed E-state index contributed by atoms with van der Waals surface area (Å²) in [5, 5.41) is 12.5. The number of nitrogens with zero attached hydrogens (tertiary/aromatic N) is 2. The summed E-state index contributed by atoms with van der Waals surface area (Å²) in [6.45, 7) is 5.40. The van der Waals surface area contributed by atoms with Gasteiger partial charge in [0, 0.05) is 24.7 Å². The van der Waals surface area contributed by atoms with E-state index >= 15 is 0 Å². The van der Waals surface area contributed by atoms with Crippen molar-refractivity contribution in [3.63, 3.8) is 0 Å². The van der Waals surface area contributed by atoms with Gasteiger partial charge in [0.25, 0.3) is 0 Å². The van der Waals surface area contributed by atoms with Crippen LogP contribution in [0.5, 0.6) is 0 Å². The summed E-state index contributed by atoms with van der Waals surface area (Å²) in [7, 11) is 2.21. The van der Waals surface area contributed by atoms with Gasteiger partial charge in [0.05, 0.1) is 11.6 Å². The lowest BCUT2D eigenvalue weighted by Gasteiger charge is -2.26. The summed E-state index contributed by atoms with van der Waals surface area (Å²) >= 11 is 0. The van der Waals surface area contributed by atoms with Gasteiger partial charge < -0.3 is 5.32 Å². The minimum atomic E-state index is 0.281. The summed E-state index contributed by atoms with van der Waals surface area (Å²) in [6.07, 6.45) is 2.70. The first-order valence-corrected chi connectivity index (χ1v) is 7.07. The lowest BCUT2D eigenvalue weighted by atomic mass is 10.1. The molecule has 1 saturated carbocycles. The lowest BCUT2D eigenvalue weighted by molar-refractivity contribution is 0.237. The number of likely N-dealkylation sites (N-methyl/N-ethyl adjacent to an activating group) is 1. The molecule has 0 amide bonds. The normalized spacial score (nSPS) is 18.1. The zero-order chi connectivity index (χ0) is 13.8. The van der Waals surface area contributed by atoms with Gasteiger partial charge in [0.1, 0.15) is 0 Å². The Morgan fingerprint density at radius 1 is 1.42 bits per heavy atom. The van der Waals surface area contributed by atoms with Crippen molar-refractivity contribution >= 4 is 0 Å². The third kappa shape index (κ3) is 3.79. The highest BCUT2D eigenvalue weighted by Crippen LogP contribution is 2.26. The molecule has 1 aromatic carbocycles. The number of nitrogens with one attached hydrogen (secondary N) is 1. The van der Waals surface area contributed by atoms with Gasteiger partial charge in [-0.3, -0.25) is 4.90 Å². The van der Waals surface area contributed by atoms with E-state index in [1.54, 1.807) is 0 Å². The molecule has 0 bridgehead atoms. The predicted molar refractivity (Wildman–Crippen MR) is 77.8 cm³/mol. The quantitative estimate of drug-likeness (QED) is 0.851. The highest BCUT2D eigenvalue weighted by atomic mass is 15.2. The molecule has 0 aliphatic heterocycles. The van der Waals surface area contributed by atoms with Gasteiger partial charge in [-0.25, -0.2) is 0 Å². The molecular formula is C16H23N3. The summed E-state index contributed by atoms with van der Waals surface area (Å²) in [4.78, 5) is 2.46. The smallest absolute Gasteiger partial charge is 0.0991 e. The van der Waals surface area contributed by atoms with Crippen LogP contribution in [-0.4, -0.2) is 30.6 Å². The first-order chi connectivity index (χ1) is 9.11. The molecule has 0 radical (unpaired) electrons. The van der Waals surface area contributed by atoms with E-state index in [-0.39, 0.29) is 6.04 Å². The van der Waals surface area contributed by atoms with Crippen molar-refractivity contribution in [3.8, 4) is 6.07 Å². The van der Waals surface area contributed by atoms with Gasteiger partial charge in [-0.1, -0.05) is 12.1 Å². The second-order valence-corrected chi connectivity index (χ2v) is 5.61. The number of nitriles is 1. The Balaban J connectivity index is 1.86. The number of hydrogen-bond acceptors (Lipinski definition) is 3. The predicted octanol–water partition coefficient (Wildman–Crippen LogP) is 2.69. The maximum Gasteiger partial charge on any atom is 0.0991 e. The zero-order valence-corrected chi connectivity index (χ0v) is 12.1. The topological polar surface area (TPSA) is 39.1 Å². The van der Waals surface area contributed by atoms with Gasteiger partial charge in [-0.2, -0.15) is 5.26 Å². The average Bonchev–Trinajstić information content (AvgIpc) is 3.28. The van der Waals surface area contributed by atoms with Gasteiger partial charge in [-0.05, 0) is 51.4 Å². The summed E-state index contributed by atoms with van der Waals surface area (Å²) < 4.78 is 0. The molecule has 1 aromatic rings. The van der Waals surface area contributed by atoms with Crippen LogP contribution in [0.1, 0.15) is 43.9 Å². The SMILES string of the molecule is CC(NCC(C)N(C)C1CC1)c1cccc(C#N)c1. The molecule has 2 rings (SSSR count). The van der Waals surface area contributed by atoms with Crippen LogP contribution in [0.15, 0.2) is 24.3 Å². The molecule has 19 heavy (non-hydrogen) atoms. The molecule has 3 nitrogen and oxygen atoms in total. The highest BCUT2D eigenvalue weighted by molar-refractivity contribution is 5.34. The average molecular weight is 257 g/mol. The van der Waals surface area contributed by atoms with Crippen LogP contribution in [0.25, 0.3) is 0 Å². The fraction of sp³-hybridized carbons (Fsp3) is 0.562. The summed E-state index contributed by atoms with van der Waals surface area (Å²) in [6, 6.07) is 11.7. The molecule has 1 N–H and O–H groups in total. The monoisotopic (exact) mass is 257 g/mol. The molecule has 0 heterocycles. The van der Waals surface area contributed by atoms with Crippen molar-refractivity contribution in [2.75, 3.05) is 13.6 Å². The Morgan fingerprint density at radius 2 is 2.16 bits per heavy atom. The molecule has 3 heteroatoms. The minimum absolute atomic E-state index is 0.281. The third-order valence-electron chi connectivity index (χ3n) is 4.05. The van der Waals surface area contributed by atoms with Crippen LogP contribution in [-0.2, 0) is 0 Å². The molecule has 2 unspecified atom stereocenters. The van der Waals surface area contributed by atoms with E-state index in [0.717, 1.165) is 18.2 Å². The second kappa shape index (κ2) is 6.18. The van der Waals surface area contributed by atoms with Crippen LogP contribution in [0, 0.1) is 11.3 Å². The van der Waals surface area contributed by atoms with E-state index in [2.05, 4.69) is 43.2 Å². The van der Waals surface area contributed by atoms with Crippen LogP contribution < -0.4 is 5.32 Å². The van der Waals surface area contributed by atoms with Crippen LogP contribution in [0.3, 0.4) is 0 Å². The van der Waals surface area contributed by atoms with Crippen LogP contribution >= 0.6 is 0 Å². The zero-order valence-electron chi connectivity index (χ0n) is 12.1. The molecule has 1 fully saturated rings. The van der Waals surface area contributed by atoms with Crippen LogP contribution in [0.4, 0.5) is 0 Å². The van der Waals surface area contributed by atoms with E-state index < -0.39 is 0 Å². The lowest BCUT2D eigenvalue weighted by Crippen LogP contribution is -2.39. The molecule has 1 aliphatic carbocycles. The van der Waals surface area contributed by atoms with E-state index in [9.17, 15) is 0 Å². The largest absolute Gasteiger partial charge is 0.309 e. The van der Waals surface area contributed by atoms with E-state index in [1.807, 2.05) is 18.2 Å². The van der Waals surface area contributed by atoms with Gasteiger partial charge >= 0.3 is 0 Å². The van der Waals surface area contributed by atoms with E-state index in [1.165, 1.54) is 18.4 Å². The molecule has 102 valence electrons. The van der Waals surface area contributed by atoms with Crippen molar-refractivity contribution in [1.29, 1.82) is 5.26 Å². The van der Waals surface area contributed by atoms with Gasteiger partial charge in [-0.15, -0.1) is 0 Å². The van der Waals surface area contributed by atoms with E-state index in [0.29, 0.717) is 6.04 Å². The van der Waals surface area contributed by atoms with Crippen molar-refractivity contribution in [2.45, 2.75) is 44.8 Å². The Hall–Kier alpha value is -1.37. The Bertz CT molecular complexity index is 459. The second-order valence-electron chi connectivity index (χ2n) is 5.61. The summed E-state index contributed by atoms with van der Waals surface area (Å²) in [5.74, 6) is 0. The van der Waals surface area contributed by atoms with E-state index in [4.69, 9.17) is 5.26 Å². The van der Waals surface area contributed by atoms with Crippen molar-refractivity contribution in [3.05, 3.63) is 35.4 Å². The fourth-order valence-corrected chi connectivity index (χ4v) is 2.33. The fourth-order valence-electron chi connectivity index (χ4n) is 2.33. The number of hydrogen-bond donors (Lipinski definition) is 1. The molecular weight excluding hydrogens is 234 g/mol.